The van der Waals surface area contributed by atoms with Gasteiger partial charge in [0.05, 0.1) is 0 Å². The number of thiophene rings is 1. The average molecular weight is 207 g/mol. The Balaban J connectivity index is 2.47. The molecule has 2 unspecified atom stereocenters. The van der Waals surface area contributed by atoms with Crippen LogP contribution < -0.4 is 5.32 Å². The van der Waals surface area contributed by atoms with E-state index in [1.807, 2.05) is 0 Å². The van der Waals surface area contributed by atoms with Crippen molar-refractivity contribution in [2.45, 2.75) is 38.8 Å². The molecule has 0 aromatic carbocycles. The summed E-state index contributed by atoms with van der Waals surface area (Å²) >= 11 is 1.79. The molecular formula is C12H17NS. The summed E-state index contributed by atoms with van der Waals surface area (Å²) < 4.78 is 0. The van der Waals surface area contributed by atoms with Gasteiger partial charge in [-0.05, 0) is 24.8 Å². The van der Waals surface area contributed by atoms with E-state index in [-0.39, 0.29) is 0 Å². The molecule has 1 nitrogen and oxygen atoms in total. The molecule has 14 heavy (non-hydrogen) atoms. The second-order valence-corrected chi connectivity index (χ2v) is 4.40. The Kier molecular flexibility index (Phi) is 4.72. The van der Waals surface area contributed by atoms with Crippen molar-refractivity contribution in [2.75, 3.05) is 0 Å². The minimum absolute atomic E-state index is 0.410. The van der Waals surface area contributed by atoms with Gasteiger partial charge in [-0.1, -0.05) is 13.0 Å². The molecule has 1 N–H and O–H groups in total. The fraction of sp³-hybridized carbons (Fsp3) is 0.500. The van der Waals surface area contributed by atoms with Crippen LogP contribution in [0.2, 0.25) is 0 Å². The zero-order valence-electron chi connectivity index (χ0n) is 8.79. The largest absolute Gasteiger partial charge is 0.306 e. The van der Waals surface area contributed by atoms with E-state index in [4.69, 9.17) is 6.42 Å². The molecule has 0 bridgehead atoms. The summed E-state index contributed by atoms with van der Waals surface area (Å²) in [5.41, 5.74) is 0. The highest BCUT2D eigenvalue weighted by molar-refractivity contribution is 7.10. The monoisotopic (exact) mass is 207 g/mol. The van der Waals surface area contributed by atoms with Crippen LogP contribution in [0.15, 0.2) is 17.5 Å². The van der Waals surface area contributed by atoms with E-state index in [0.717, 1.165) is 12.8 Å². The van der Waals surface area contributed by atoms with E-state index in [0.29, 0.717) is 12.1 Å². The van der Waals surface area contributed by atoms with Gasteiger partial charge in [0.1, 0.15) is 0 Å². The molecule has 76 valence electrons. The number of hydrogen-bond donors (Lipinski definition) is 1. The molecule has 0 saturated carbocycles. The van der Waals surface area contributed by atoms with Gasteiger partial charge in [0, 0.05) is 23.4 Å². The number of hydrogen-bond acceptors (Lipinski definition) is 2. The molecule has 2 heteroatoms. The Morgan fingerprint density at radius 2 is 2.43 bits per heavy atom. The lowest BCUT2D eigenvalue weighted by Crippen LogP contribution is -2.30. The first kappa shape index (κ1) is 11.3. The van der Waals surface area contributed by atoms with E-state index < -0.39 is 0 Å². The van der Waals surface area contributed by atoms with Gasteiger partial charge < -0.3 is 5.32 Å². The predicted octanol–water partition coefficient (Wildman–Crippen LogP) is 3.20. The van der Waals surface area contributed by atoms with Gasteiger partial charge in [0.15, 0.2) is 0 Å². The Morgan fingerprint density at radius 3 is 2.93 bits per heavy atom. The maximum atomic E-state index is 5.31. The first-order valence-electron chi connectivity index (χ1n) is 5.00. The molecule has 0 fully saturated rings. The van der Waals surface area contributed by atoms with Gasteiger partial charge >= 0.3 is 0 Å². The van der Waals surface area contributed by atoms with Crippen LogP contribution in [0.1, 0.15) is 37.6 Å². The highest BCUT2D eigenvalue weighted by atomic mass is 32.1. The highest BCUT2D eigenvalue weighted by Crippen LogP contribution is 2.19. The lowest BCUT2D eigenvalue weighted by molar-refractivity contribution is 0.453. The van der Waals surface area contributed by atoms with Crippen molar-refractivity contribution < 1.29 is 0 Å². The van der Waals surface area contributed by atoms with Crippen molar-refractivity contribution in [3.05, 3.63) is 22.4 Å². The van der Waals surface area contributed by atoms with Crippen molar-refractivity contribution in [3.8, 4) is 12.3 Å². The third-order valence-corrected chi connectivity index (χ3v) is 3.37. The summed E-state index contributed by atoms with van der Waals surface area (Å²) in [6.45, 7) is 4.35. The topological polar surface area (TPSA) is 12.0 Å². The van der Waals surface area contributed by atoms with Crippen LogP contribution in [0.4, 0.5) is 0 Å². The van der Waals surface area contributed by atoms with Crippen LogP contribution in [0.25, 0.3) is 0 Å². The summed E-state index contributed by atoms with van der Waals surface area (Å²) in [6.07, 6.45) is 7.21. The minimum Gasteiger partial charge on any atom is -0.306 e. The molecule has 1 heterocycles. The summed E-state index contributed by atoms with van der Waals surface area (Å²) in [5, 5.41) is 5.64. The summed E-state index contributed by atoms with van der Waals surface area (Å²) in [5.74, 6) is 2.71. The summed E-state index contributed by atoms with van der Waals surface area (Å²) in [7, 11) is 0. The second kappa shape index (κ2) is 5.85. The molecule has 1 rings (SSSR count). The summed E-state index contributed by atoms with van der Waals surface area (Å²) in [6, 6.07) is 5.09. The molecule has 0 radical (unpaired) electrons. The molecule has 0 amide bonds. The maximum Gasteiger partial charge on any atom is 0.0388 e. The van der Waals surface area contributed by atoms with E-state index in [1.165, 1.54) is 4.88 Å². The van der Waals surface area contributed by atoms with Crippen LogP contribution in [-0.2, 0) is 0 Å². The predicted molar refractivity (Wildman–Crippen MR) is 63.4 cm³/mol. The third-order valence-electron chi connectivity index (χ3n) is 2.31. The first-order chi connectivity index (χ1) is 6.77. The van der Waals surface area contributed by atoms with Crippen molar-refractivity contribution in [1.82, 2.24) is 5.32 Å². The standard InChI is InChI=1S/C12H17NS/c1-4-7-11(5-2)13-10(3)12-8-6-9-14-12/h1,6,8-11,13H,5,7H2,2-3H3. The Hall–Kier alpha value is -0.780. The molecule has 0 aliphatic heterocycles. The molecule has 0 spiro atoms. The van der Waals surface area contributed by atoms with E-state index in [1.54, 1.807) is 11.3 Å². The smallest absolute Gasteiger partial charge is 0.0388 e. The van der Waals surface area contributed by atoms with E-state index >= 15 is 0 Å². The first-order valence-corrected chi connectivity index (χ1v) is 5.88. The van der Waals surface area contributed by atoms with Gasteiger partial charge in [-0.3, -0.25) is 0 Å². The third kappa shape index (κ3) is 3.17. The molecular weight excluding hydrogens is 190 g/mol. The Labute approximate surface area is 90.5 Å². The molecule has 1 aromatic heterocycles. The van der Waals surface area contributed by atoms with Crippen molar-refractivity contribution >= 4 is 11.3 Å². The number of terminal acetylenes is 1. The SMILES string of the molecule is C#CCC(CC)NC(C)c1cccs1. The molecule has 1 aromatic rings. The average Bonchev–Trinajstić information content (AvgIpc) is 2.69. The second-order valence-electron chi connectivity index (χ2n) is 3.42. The van der Waals surface area contributed by atoms with Gasteiger partial charge in [0.2, 0.25) is 0 Å². The highest BCUT2D eigenvalue weighted by Gasteiger charge is 2.10. The van der Waals surface area contributed by atoms with Crippen LogP contribution in [0.3, 0.4) is 0 Å². The van der Waals surface area contributed by atoms with E-state index in [9.17, 15) is 0 Å². The quantitative estimate of drug-likeness (QED) is 0.731. The zero-order valence-corrected chi connectivity index (χ0v) is 9.60. The molecule has 2 atom stereocenters. The van der Waals surface area contributed by atoms with Gasteiger partial charge in [-0.15, -0.1) is 23.7 Å². The Morgan fingerprint density at radius 1 is 1.64 bits per heavy atom. The van der Waals surface area contributed by atoms with Crippen LogP contribution >= 0.6 is 11.3 Å². The van der Waals surface area contributed by atoms with Crippen LogP contribution in [0.5, 0.6) is 0 Å². The zero-order chi connectivity index (χ0) is 10.4. The van der Waals surface area contributed by atoms with Crippen molar-refractivity contribution in [2.24, 2.45) is 0 Å². The number of nitrogens with one attached hydrogen (secondary N) is 1. The molecule has 0 aliphatic rings. The van der Waals surface area contributed by atoms with Crippen molar-refractivity contribution in [1.29, 1.82) is 0 Å². The maximum absolute atomic E-state index is 5.31. The fourth-order valence-corrected chi connectivity index (χ4v) is 2.18. The van der Waals surface area contributed by atoms with Crippen molar-refractivity contribution in [3.63, 3.8) is 0 Å². The molecule has 0 aliphatic carbocycles. The van der Waals surface area contributed by atoms with Gasteiger partial charge in [0.25, 0.3) is 0 Å². The van der Waals surface area contributed by atoms with E-state index in [2.05, 4.69) is 42.6 Å². The lowest BCUT2D eigenvalue weighted by Gasteiger charge is -2.19. The lowest BCUT2D eigenvalue weighted by atomic mass is 10.1. The van der Waals surface area contributed by atoms with Crippen LogP contribution in [0, 0.1) is 12.3 Å². The summed E-state index contributed by atoms with van der Waals surface area (Å²) in [4.78, 5) is 1.38. The molecule has 0 saturated heterocycles. The van der Waals surface area contributed by atoms with Crippen LogP contribution in [-0.4, -0.2) is 6.04 Å². The number of rotatable bonds is 5. The van der Waals surface area contributed by atoms with Gasteiger partial charge in [-0.25, -0.2) is 0 Å². The van der Waals surface area contributed by atoms with Gasteiger partial charge in [-0.2, -0.15) is 0 Å². The normalized spacial score (nSPS) is 14.6. The fourth-order valence-electron chi connectivity index (χ4n) is 1.44. The Bertz CT molecular complexity index is 284. The minimum atomic E-state index is 0.410.